The molecule has 0 bridgehead atoms. The van der Waals surface area contributed by atoms with E-state index in [4.69, 9.17) is 14.4 Å². The second-order valence-electron chi connectivity index (χ2n) is 4.05. The van der Waals surface area contributed by atoms with Gasteiger partial charge in [0, 0.05) is 20.0 Å². The standard InChI is InChI=1S/C11H18N2O4/c1-4-11(2,16-3)10-12-8(17-13-10)6-5-7-9(14)15/h4-7H2,1-3H3,(H,14,15). The van der Waals surface area contributed by atoms with Crippen molar-refractivity contribution in [1.82, 2.24) is 10.1 Å². The van der Waals surface area contributed by atoms with Crippen LogP contribution in [0.3, 0.4) is 0 Å². The molecule has 1 atom stereocenters. The van der Waals surface area contributed by atoms with Crippen LogP contribution in [-0.4, -0.2) is 28.3 Å². The van der Waals surface area contributed by atoms with E-state index in [9.17, 15) is 4.79 Å². The second-order valence-corrected chi connectivity index (χ2v) is 4.05. The first-order chi connectivity index (χ1) is 8.01. The summed E-state index contributed by atoms with van der Waals surface area (Å²) in [4.78, 5) is 14.6. The molecule has 1 heterocycles. The predicted octanol–water partition coefficient (Wildman–Crippen LogP) is 1.75. The van der Waals surface area contributed by atoms with E-state index in [-0.39, 0.29) is 6.42 Å². The molecule has 17 heavy (non-hydrogen) atoms. The lowest BCUT2D eigenvalue weighted by Crippen LogP contribution is -2.24. The number of carboxylic acid groups (broad SMARTS) is 1. The summed E-state index contributed by atoms with van der Waals surface area (Å²) in [5.41, 5.74) is -0.547. The Bertz CT molecular complexity index is 371. The van der Waals surface area contributed by atoms with E-state index in [1.807, 2.05) is 13.8 Å². The molecule has 0 aliphatic rings. The number of ether oxygens (including phenoxy) is 1. The molecule has 6 nitrogen and oxygen atoms in total. The molecule has 0 spiro atoms. The maximum absolute atomic E-state index is 10.4. The van der Waals surface area contributed by atoms with Gasteiger partial charge in [0.2, 0.25) is 11.7 Å². The molecule has 6 heteroatoms. The summed E-state index contributed by atoms with van der Waals surface area (Å²) in [5, 5.41) is 12.4. The van der Waals surface area contributed by atoms with Crippen LogP contribution in [0.2, 0.25) is 0 Å². The van der Waals surface area contributed by atoms with Gasteiger partial charge in [-0.15, -0.1) is 0 Å². The zero-order valence-corrected chi connectivity index (χ0v) is 10.4. The minimum atomic E-state index is -0.819. The number of hydrogen-bond donors (Lipinski definition) is 1. The number of aromatic nitrogens is 2. The fourth-order valence-electron chi connectivity index (χ4n) is 1.36. The van der Waals surface area contributed by atoms with E-state index in [0.717, 1.165) is 6.42 Å². The third-order valence-corrected chi connectivity index (χ3v) is 2.85. The normalized spacial score (nSPS) is 14.5. The lowest BCUT2D eigenvalue weighted by Gasteiger charge is -2.21. The molecule has 0 fully saturated rings. The van der Waals surface area contributed by atoms with Crippen LogP contribution in [-0.2, 0) is 21.6 Å². The van der Waals surface area contributed by atoms with E-state index in [1.165, 1.54) is 0 Å². The van der Waals surface area contributed by atoms with Crippen LogP contribution in [0.5, 0.6) is 0 Å². The Balaban J connectivity index is 2.61. The van der Waals surface area contributed by atoms with Crippen molar-refractivity contribution >= 4 is 5.97 Å². The number of carbonyl (C=O) groups is 1. The fraction of sp³-hybridized carbons (Fsp3) is 0.727. The van der Waals surface area contributed by atoms with E-state index in [1.54, 1.807) is 7.11 Å². The third kappa shape index (κ3) is 3.52. The van der Waals surface area contributed by atoms with E-state index in [2.05, 4.69) is 10.1 Å². The lowest BCUT2D eigenvalue weighted by molar-refractivity contribution is -0.137. The average Bonchev–Trinajstić information content (AvgIpc) is 2.77. The molecular formula is C11H18N2O4. The van der Waals surface area contributed by atoms with Crippen LogP contribution in [0.1, 0.15) is 44.8 Å². The van der Waals surface area contributed by atoms with Crippen LogP contribution in [0, 0.1) is 0 Å². The molecule has 0 amide bonds. The van der Waals surface area contributed by atoms with Crippen LogP contribution in [0.4, 0.5) is 0 Å². The van der Waals surface area contributed by atoms with Gasteiger partial charge in [0.25, 0.3) is 0 Å². The molecule has 1 aromatic rings. The second kappa shape index (κ2) is 5.77. The number of methoxy groups -OCH3 is 1. The maximum Gasteiger partial charge on any atom is 0.303 e. The third-order valence-electron chi connectivity index (χ3n) is 2.85. The Morgan fingerprint density at radius 1 is 1.59 bits per heavy atom. The summed E-state index contributed by atoms with van der Waals surface area (Å²) in [6.07, 6.45) is 1.81. The van der Waals surface area contributed by atoms with Gasteiger partial charge < -0.3 is 14.4 Å². The first-order valence-electron chi connectivity index (χ1n) is 5.62. The van der Waals surface area contributed by atoms with Crippen LogP contribution < -0.4 is 0 Å². The van der Waals surface area contributed by atoms with Gasteiger partial charge in [0.1, 0.15) is 5.60 Å². The van der Waals surface area contributed by atoms with Gasteiger partial charge in [-0.3, -0.25) is 4.79 Å². The Hall–Kier alpha value is -1.43. The monoisotopic (exact) mass is 242 g/mol. The summed E-state index contributed by atoms with van der Waals surface area (Å²) in [7, 11) is 1.60. The van der Waals surface area contributed by atoms with Crippen molar-refractivity contribution in [2.24, 2.45) is 0 Å². The van der Waals surface area contributed by atoms with Gasteiger partial charge in [0.05, 0.1) is 0 Å². The molecular weight excluding hydrogens is 224 g/mol. The van der Waals surface area contributed by atoms with E-state index in [0.29, 0.717) is 24.6 Å². The molecule has 0 aromatic carbocycles. The summed E-state index contributed by atoms with van der Waals surface area (Å²) in [6, 6.07) is 0. The van der Waals surface area contributed by atoms with Crippen molar-refractivity contribution in [2.45, 2.75) is 45.1 Å². The average molecular weight is 242 g/mol. The Morgan fingerprint density at radius 2 is 2.29 bits per heavy atom. The minimum absolute atomic E-state index is 0.104. The smallest absolute Gasteiger partial charge is 0.303 e. The highest BCUT2D eigenvalue weighted by atomic mass is 16.5. The van der Waals surface area contributed by atoms with Crippen molar-refractivity contribution in [3.8, 4) is 0 Å². The Kier molecular flexibility index (Phi) is 4.62. The topological polar surface area (TPSA) is 85.5 Å². The van der Waals surface area contributed by atoms with Gasteiger partial charge in [-0.2, -0.15) is 4.98 Å². The van der Waals surface area contributed by atoms with Gasteiger partial charge in [-0.25, -0.2) is 0 Å². The molecule has 1 N–H and O–H groups in total. The molecule has 1 unspecified atom stereocenters. The highest BCUT2D eigenvalue weighted by Gasteiger charge is 2.29. The van der Waals surface area contributed by atoms with Gasteiger partial charge in [0.15, 0.2) is 0 Å². The molecule has 0 radical (unpaired) electrons. The molecule has 96 valence electrons. The lowest BCUT2D eigenvalue weighted by atomic mass is 10.0. The van der Waals surface area contributed by atoms with Crippen molar-refractivity contribution in [3.63, 3.8) is 0 Å². The van der Waals surface area contributed by atoms with Crippen molar-refractivity contribution in [2.75, 3.05) is 7.11 Å². The summed E-state index contributed by atoms with van der Waals surface area (Å²) in [6.45, 7) is 3.86. The number of aryl methyl sites for hydroxylation is 1. The first kappa shape index (κ1) is 13.6. The number of hydrogen-bond acceptors (Lipinski definition) is 5. The van der Waals surface area contributed by atoms with Crippen molar-refractivity contribution in [1.29, 1.82) is 0 Å². The zero-order chi connectivity index (χ0) is 12.9. The van der Waals surface area contributed by atoms with Gasteiger partial charge in [-0.05, 0) is 19.8 Å². The van der Waals surface area contributed by atoms with Crippen LogP contribution in [0.25, 0.3) is 0 Å². The van der Waals surface area contributed by atoms with Gasteiger partial charge >= 0.3 is 5.97 Å². The highest BCUT2D eigenvalue weighted by Crippen LogP contribution is 2.25. The number of rotatable bonds is 7. The summed E-state index contributed by atoms with van der Waals surface area (Å²) >= 11 is 0. The first-order valence-corrected chi connectivity index (χ1v) is 5.62. The van der Waals surface area contributed by atoms with Gasteiger partial charge in [-0.1, -0.05) is 12.1 Å². The van der Waals surface area contributed by atoms with E-state index < -0.39 is 11.6 Å². The van der Waals surface area contributed by atoms with Crippen LogP contribution in [0.15, 0.2) is 4.52 Å². The minimum Gasteiger partial charge on any atom is -0.481 e. The molecule has 0 aliphatic carbocycles. The van der Waals surface area contributed by atoms with Crippen molar-refractivity contribution in [3.05, 3.63) is 11.7 Å². The fourth-order valence-corrected chi connectivity index (χ4v) is 1.36. The zero-order valence-electron chi connectivity index (χ0n) is 10.4. The van der Waals surface area contributed by atoms with Crippen LogP contribution >= 0.6 is 0 Å². The number of carboxylic acids is 1. The Labute approximate surface area is 100.0 Å². The maximum atomic E-state index is 10.4. The summed E-state index contributed by atoms with van der Waals surface area (Å²) in [5.74, 6) is 0.144. The molecule has 0 saturated carbocycles. The van der Waals surface area contributed by atoms with Crippen molar-refractivity contribution < 1.29 is 19.2 Å². The van der Waals surface area contributed by atoms with E-state index >= 15 is 0 Å². The molecule has 0 aliphatic heterocycles. The molecule has 1 rings (SSSR count). The SMILES string of the molecule is CCC(C)(OC)c1noc(CCCC(=O)O)n1. The predicted molar refractivity (Wildman–Crippen MR) is 59.5 cm³/mol. The molecule has 0 saturated heterocycles. The quantitative estimate of drug-likeness (QED) is 0.784. The Morgan fingerprint density at radius 3 is 2.82 bits per heavy atom. The highest BCUT2D eigenvalue weighted by molar-refractivity contribution is 5.66. The summed E-state index contributed by atoms with van der Waals surface area (Å²) < 4.78 is 10.4. The largest absolute Gasteiger partial charge is 0.481 e. The number of nitrogens with zero attached hydrogens (tertiary/aromatic N) is 2. The molecule has 1 aromatic heterocycles. The number of aliphatic carboxylic acids is 1.